The summed E-state index contributed by atoms with van der Waals surface area (Å²) in [6.07, 6.45) is 0.843. The molecule has 0 saturated heterocycles. The van der Waals surface area contributed by atoms with Crippen LogP contribution in [0.2, 0.25) is 5.02 Å². The third kappa shape index (κ3) is 3.38. The van der Waals surface area contributed by atoms with Crippen molar-refractivity contribution in [1.29, 1.82) is 0 Å². The summed E-state index contributed by atoms with van der Waals surface area (Å²) in [5.41, 5.74) is 2.99. The average molecular weight is 486 g/mol. The molecular weight excluding hydrogens is 462 g/mol. The third-order valence-electron chi connectivity index (χ3n) is 6.89. The highest BCUT2D eigenvalue weighted by Crippen LogP contribution is 2.33. The minimum Gasteiger partial charge on any atom is -0.312 e. The zero-order chi connectivity index (χ0) is 24.3. The molecule has 3 aromatic carbocycles. The van der Waals surface area contributed by atoms with Gasteiger partial charge in [0.05, 0.1) is 6.54 Å². The Morgan fingerprint density at radius 1 is 1.00 bits per heavy atom. The second-order valence-corrected chi connectivity index (χ2v) is 9.45. The number of nitrogens with zero attached hydrogens (tertiary/aromatic N) is 5. The maximum absolute atomic E-state index is 13.8. The zero-order valence-corrected chi connectivity index (χ0v) is 20.3. The predicted octanol–water partition coefficient (Wildman–Crippen LogP) is 4.60. The molecule has 3 heterocycles. The zero-order valence-electron chi connectivity index (χ0n) is 19.5. The van der Waals surface area contributed by atoms with Gasteiger partial charge in [-0.05, 0) is 47.4 Å². The number of hydrogen-bond acceptors (Lipinski definition) is 4. The summed E-state index contributed by atoms with van der Waals surface area (Å²) >= 11 is 6.40. The third-order valence-corrected chi connectivity index (χ3v) is 7.30. The van der Waals surface area contributed by atoms with Crippen LogP contribution in [0.4, 0.5) is 11.6 Å². The Morgan fingerprint density at radius 3 is 2.63 bits per heavy atom. The van der Waals surface area contributed by atoms with Crippen LogP contribution >= 0.6 is 11.6 Å². The van der Waals surface area contributed by atoms with E-state index in [2.05, 4.69) is 4.90 Å². The molecule has 176 valence electrons. The number of fused-ring (bicyclic) bond motifs is 4. The lowest BCUT2D eigenvalue weighted by Gasteiger charge is -2.29. The molecule has 0 bridgehead atoms. The second kappa shape index (κ2) is 8.13. The maximum Gasteiger partial charge on any atom is 0.332 e. The van der Waals surface area contributed by atoms with Crippen LogP contribution in [0.25, 0.3) is 21.9 Å². The van der Waals surface area contributed by atoms with Crippen molar-refractivity contribution in [3.8, 4) is 0 Å². The lowest BCUT2D eigenvalue weighted by atomic mass is 10.0. The van der Waals surface area contributed by atoms with E-state index in [9.17, 15) is 9.59 Å². The van der Waals surface area contributed by atoms with Gasteiger partial charge in [-0.15, -0.1) is 0 Å². The van der Waals surface area contributed by atoms with Crippen molar-refractivity contribution in [2.24, 2.45) is 7.05 Å². The Kier molecular flexibility index (Phi) is 5.04. The highest BCUT2D eigenvalue weighted by Gasteiger charge is 2.27. The van der Waals surface area contributed by atoms with Crippen molar-refractivity contribution in [1.82, 2.24) is 18.7 Å². The molecule has 35 heavy (non-hydrogen) atoms. The summed E-state index contributed by atoms with van der Waals surface area (Å²) in [6.45, 7) is 3.57. The molecule has 0 radical (unpaired) electrons. The Hall–Kier alpha value is -3.84. The summed E-state index contributed by atoms with van der Waals surface area (Å²) in [5, 5.41) is 2.78. The normalized spacial score (nSPS) is 13.5. The lowest BCUT2D eigenvalue weighted by molar-refractivity contribution is 0.597. The highest BCUT2D eigenvalue weighted by molar-refractivity contribution is 6.31. The molecule has 8 heteroatoms. The summed E-state index contributed by atoms with van der Waals surface area (Å²) in [5.74, 6) is 0.654. The first kappa shape index (κ1) is 21.7. The molecule has 0 atom stereocenters. The van der Waals surface area contributed by atoms with Gasteiger partial charge in [0.1, 0.15) is 0 Å². The standard InChI is InChI=1S/C27H24ClN5O2/c1-17-11-12-20(15-22(17)28)31-13-6-14-32-23-24(29-26(31)32)30(2)27(35)33(25(23)34)16-19-9-5-8-18-7-3-4-10-21(18)19/h3-5,7-12,15H,6,13-14,16H2,1-2H3. The van der Waals surface area contributed by atoms with Crippen LogP contribution in [0.15, 0.2) is 70.3 Å². The fraction of sp³-hybridized carbons (Fsp3) is 0.222. The van der Waals surface area contributed by atoms with E-state index < -0.39 is 0 Å². The van der Waals surface area contributed by atoms with Crippen molar-refractivity contribution in [3.05, 3.63) is 97.7 Å². The Bertz CT molecular complexity index is 1740. The number of halogens is 1. The van der Waals surface area contributed by atoms with Crippen molar-refractivity contribution < 1.29 is 0 Å². The molecule has 6 rings (SSSR count). The van der Waals surface area contributed by atoms with E-state index in [0.717, 1.165) is 40.6 Å². The van der Waals surface area contributed by atoms with Gasteiger partial charge < -0.3 is 9.47 Å². The van der Waals surface area contributed by atoms with Crippen LogP contribution in [0.1, 0.15) is 17.5 Å². The molecule has 1 aliphatic heterocycles. The molecule has 0 spiro atoms. The van der Waals surface area contributed by atoms with Gasteiger partial charge in [-0.25, -0.2) is 4.79 Å². The Labute approximate surface area is 206 Å². The number of rotatable bonds is 3. The lowest BCUT2D eigenvalue weighted by Crippen LogP contribution is -2.40. The number of aryl methyl sites for hydroxylation is 3. The summed E-state index contributed by atoms with van der Waals surface area (Å²) < 4.78 is 4.74. The maximum atomic E-state index is 13.8. The van der Waals surface area contributed by atoms with Crippen molar-refractivity contribution in [3.63, 3.8) is 0 Å². The Balaban J connectivity index is 1.54. The number of anilines is 2. The van der Waals surface area contributed by atoms with Crippen molar-refractivity contribution in [2.45, 2.75) is 26.4 Å². The molecule has 0 unspecified atom stereocenters. The van der Waals surface area contributed by atoms with Crippen LogP contribution in [-0.4, -0.2) is 25.2 Å². The number of aromatic nitrogens is 4. The first-order chi connectivity index (χ1) is 16.9. The summed E-state index contributed by atoms with van der Waals surface area (Å²) in [7, 11) is 1.68. The van der Waals surface area contributed by atoms with E-state index >= 15 is 0 Å². The topological polar surface area (TPSA) is 65.1 Å². The van der Waals surface area contributed by atoms with Gasteiger partial charge >= 0.3 is 5.69 Å². The number of hydrogen-bond donors (Lipinski definition) is 0. The first-order valence-corrected chi connectivity index (χ1v) is 12.0. The largest absolute Gasteiger partial charge is 0.332 e. The van der Waals surface area contributed by atoms with Gasteiger partial charge in [-0.3, -0.25) is 13.9 Å². The molecule has 0 saturated carbocycles. The smallest absolute Gasteiger partial charge is 0.312 e. The van der Waals surface area contributed by atoms with Crippen LogP contribution in [0.3, 0.4) is 0 Å². The van der Waals surface area contributed by atoms with Crippen LogP contribution in [-0.2, 0) is 20.1 Å². The summed E-state index contributed by atoms with van der Waals surface area (Å²) in [6, 6.07) is 19.9. The fourth-order valence-electron chi connectivity index (χ4n) is 5.00. The molecule has 7 nitrogen and oxygen atoms in total. The molecular formula is C27H24ClN5O2. The highest BCUT2D eigenvalue weighted by atomic mass is 35.5. The van der Waals surface area contributed by atoms with Crippen LogP contribution in [0, 0.1) is 6.92 Å². The SMILES string of the molecule is Cc1ccc(N2CCCn3c2nc2c3c(=O)n(Cc3cccc4ccccc34)c(=O)n2C)cc1Cl. The minimum absolute atomic E-state index is 0.195. The fourth-order valence-corrected chi connectivity index (χ4v) is 5.17. The quantitative estimate of drug-likeness (QED) is 0.374. The second-order valence-electron chi connectivity index (χ2n) is 9.05. The van der Waals surface area contributed by atoms with Gasteiger partial charge in [0.15, 0.2) is 11.2 Å². The Morgan fingerprint density at radius 2 is 1.80 bits per heavy atom. The molecule has 1 aliphatic rings. The van der Waals surface area contributed by atoms with Crippen LogP contribution in [0.5, 0.6) is 0 Å². The van der Waals surface area contributed by atoms with Gasteiger partial charge in [0, 0.05) is 30.8 Å². The minimum atomic E-state index is -0.379. The molecule has 0 amide bonds. The summed E-state index contributed by atoms with van der Waals surface area (Å²) in [4.78, 5) is 33.9. The number of imidazole rings is 1. The molecule has 0 fully saturated rings. The molecule has 0 aliphatic carbocycles. The first-order valence-electron chi connectivity index (χ1n) is 11.6. The van der Waals surface area contributed by atoms with E-state index in [4.69, 9.17) is 16.6 Å². The van der Waals surface area contributed by atoms with Gasteiger partial charge in [-0.1, -0.05) is 60.1 Å². The van der Waals surface area contributed by atoms with E-state index in [-0.39, 0.29) is 17.8 Å². The van der Waals surface area contributed by atoms with Gasteiger partial charge in [0.25, 0.3) is 5.56 Å². The molecule has 2 aromatic heterocycles. The van der Waals surface area contributed by atoms with E-state index in [1.54, 1.807) is 7.05 Å². The van der Waals surface area contributed by atoms with E-state index in [0.29, 0.717) is 28.7 Å². The molecule has 5 aromatic rings. The molecule has 0 N–H and O–H groups in total. The monoisotopic (exact) mass is 485 g/mol. The van der Waals surface area contributed by atoms with Crippen LogP contribution < -0.4 is 16.1 Å². The number of benzene rings is 3. The van der Waals surface area contributed by atoms with Crippen molar-refractivity contribution >= 4 is 45.2 Å². The van der Waals surface area contributed by atoms with Crippen molar-refractivity contribution in [2.75, 3.05) is 11.4 Å². The predicted molar refractivity (Wildman–Crippen MR) is 140 cm³/mol. The van der Waals surface area contributed by atoms with E-state index in [1.807, 2.05) is 72.2 Å². The average Bonchev–Trinajstić information content (AvgIpc) is 3.27. The van der Waals surface area contributed by atoms with Gasteiger partial charge in [0.2, 0.25) is 5.95 Å². The van der Waals surface area contributed by atoms with Gasteiger partial charge in [-0.2, -0.15) is 4.98 Å². The van der Waals surface area contributed by atoms with E-state index in [1.165, 1.54) is 9.13 Å².